The van der Waals surface area contributed by atoms with Crippen molar-refractivity contribution in [2.45, 2.75) is 19.4 Å². The minimum atomic E-state index is -0.499. The number of rotatable bonds is 5. The Hall–Kier alpha value is -1.39. The summed E-state index contributed by atoms with van der Waals surface area (Å²) < 4.78 is 0. The molecule has 1 aromatic rings. The van der Waals surface area contributed by atoms with Crippen LogP contribution in [0.3, 0.4) is 0 Å². The highest BCUT2D eigenvalue weighted by atomic mass is 16.3. The van der Waals surface area contributed by atoms with Gasteiger partial charge >= 0.3 is 0 Å². The molecule has 94 valence electrons. The molecule has 0 aliphatic carbocycles. The Bertz CT molecular complexity index is 360. The van der Waals surface area contributed by atoms with E-state index in [1.165, 1.54) is 0 Å². The van der Waals surface area contributed by atoms with Crippen LogP contribution in [0.1, 0.15) is 25.0 Å². The van der Waals surface area contributed by atoms with Crippen LogP contribution in [0.4, 0.5) is 5.69 Å². The van der Waals surface area contributed by atoms with Gasteiger partial charge in [0.2, 0.25) is 5.91 Å². The van der Waals surface area contributed by atoms with Gasteiger partial charge in [-0.3, -0.25) is 4.79 Å². The molecule has 0 fully saturated rings. The number of likely N-dealkylation sites (N-methyl/N-ethyl adjacent to an activating group) is 1. The number of aliphatic hydroxyl groups excluding tert-OH is 1. The Morgan fingerprint density at radius 3 is 2.41 bits per heavy atom. The molecule has 1 atom stereocenters. The zero-order valence-electron chi connectivity index (χ0n) is 10.6. The summed E-state index contributed by atoms with van der Waals surface area (Å²) in [7, 11) is 3.83. The standard InChI is InChI=1S/C13H20N2O2/c1-4-13(17)14-11-7-5-10(6-8-11)12(16)9-15(2)3/h5-8,12,16H,4,9H2,1-3H3,(H,14,17). The second-order valence-corrected chi connectivity index (χ2v) is 4.30. The molecular formula is C13H20N2O2. The van der Waals surface area contributed by atoms with Crippen LogP contribution in [0.25, 0.3) is 0 Å². The zero-order valence-corrected chi connectivity index (χ0v) is 10.6. The third kappa shape index (κ3) is 4.54. The molecule has 17 heavy (non-hydrogen) atoms. The second kappa shape index (κ2) is 6.37. The van der Waals surface area contributed by atoms with Gasteiger partial charge in [-0.25, -0.2) is 0 Å². The Labute approximate surface area is 102 Å². The molecule has 0 saturated heterocycles. The molecule has 0 heterocycles. The molecule has 0 bridgehead atoms. The Kier molecular flexibility index (Phi) is 5.12. The molecule has 4 heteroatoms. The lowest BCUT2D eigenvalue weighted by Gasteiger charge is -2.16. The van der Waals surface area contributed by atoms with Gasteiger partial charge in [-0.15, -0.1) is 0 Å². The topological polar surface area (TPSA) is 52.6 Å². The second-order valence-electron chi connectivity index (χ2n) is 4.30. The third-order valence-electron chi connectivity index (χ3n) is 2.44. The molecule has 0 spiro atoms. The highest BCUT2D eigenvalue weighted by Crippen LogP contribution is 2.16. The van der Waals surface area contributed by atoms with Gasteiger partial charge in [0.15, 0.2) is 0 Å². The van der Waals surface area contributed by atoms with E-state index in [2.05, 4.69) is 5.32 Å². The average molecular weight is 236 g/mol. The third-order valence-corrected chi connectivity index (χ3v) is 2.44. The lowest BCUT2D eigenvalue weighted by molar-refractivity contribution is -0.115. The van der Waals surface area contributed by atoms with Crippen LogP contribution in [0.5, 0.6) is 0 Å². The Balaban J connectivity index is 2.64. The normalized spacial score (nSPS) is 12.5. The molecule has 0 radical (unpaired) electrons. The number of amides is 1. The molecule has 0 aliphatic rings. The van der Waals surface area contributed by atoms with Crippen LogP contribution < -0.4 is 5.32 Å². The summed E-state index contributed by atoms with van der Waals surface area (Å²) in [5.74, 6) is -0.00779. The maximum absolute atomic E-state index is 11.2. The summed E-state index contributed by atoms with van der Waals surface area (Å²) in [6.45, 7) is 2.39. The molecule has 0 aromatic heterocycles. The minimum Gasteiger partial charge on any atom is -0.387 e. The molecule has 0 saturated carbocycles. The SMILES string of the molecule is CCC(=O)Nc1ccc(C(O)CN(C)C)cc1. The quantitative estimate of drug-likeness (QED) is 0.817. The zero-order chi connectivity index (χ0) is 12.8. The van der Waals surface area contributed by atoms with Crippen molar-refractivity contribution in [1.82, 2.24) is 4.90 Å². The minimum absolute atomic E-state index is 0.00779. The number of anilines is 1. The van der Waals surface area contributed by atoms with Gasteiger partial charge in [-0.1, -0.05) is 19.1 Å². The number of hydrogen-bond acceptors (Lipinski definition) is 3. The van der Waals surface area contributed by atoms with E-state index in [-0.39, 0.29) is 5.91 Å². The maximum atomic E-state index is 11.2. The van der Waals surface area contributed by atoms with E-state index in [4.69, 9.17) is 0 Å². The van der Waals surface area contributed by atoms with Gasteiger partial charge in [0.05, 0.1) is 6.10 Å². The number of benzene rings is 1. The molecular weight excluding hydrogens is 216 g/mol. The van der Waals surface area contributed by atoms with E-state index in [1.807, 2.05) is 50.2 Å². The van der Waals surface area contributed by atoms with Gasteiger partial charge in [0, 0.05) is 18.7 Å². The Morgan fingerprint density at radius 2 is 1.94 bits per heavy atom. The van der Waals surface area contributed by atoms with Crippen molar-refractivity contribution in [1.29, 1.82) is 0 Å². The summed E-state index contributed by atoms with van der Waals surface area (Å²) in [6.07, 6.45) is -0.0358. The van der Waals surface area contributed by atoms with Gasteiger partial charge in [-0.2, -0.15) is 0 Å². The van der Waals surface area contributed by atoms with E-state index < -0.39 is 6.10 Å². The lowest BCUT2D eigenvalue weighted by Crippen LogP contribution is -2.20. The van der Waals surface area contributed by atoms with Crippen molar-refractivity contribution in [3.8, 4) is 0 Å². The lowest BCUT2D eigenvalue weighted by atomic mass is 10.1. The smallest absolute Gasteiger partial charge is 0.224 e. The first-order chi connectivity index (χ1) is 8.02. The molecule has 1 aromatic carbocycles. The summed E-state index contributed by atoms with van der Waals surface area (Å²) in [5.41, 5.74) is 1.62. The highest BCUT2D eigenvalue weighted by molar-refractivity contribution is 5.90. The molecule has 4 nitrogen and oxygen atoms in total. The van der Waals surface area contributed by atoms with Crippen LogP contribution in [0, 0.1) is 0 Å². The fourth-order valence-corrected chi connectivity index (χ4v) is 1.49. The molecule has 0 aliphatic heterocycles. The van der Waals surface area contributed by atoms with E-state index >= 15 is 0 Å². The number of nitrogens with zero attached hydrogens (tertiary/aromatic N) is 1. The van der Waals surface area contributed by atoms with E-state index in [1.54, 1.807) is 0 Å². The number of carbonyl (C=O) groups is 1. The maximum Gasteiger partial charge on any atom is 0.224 e. The van der Waals surface area contributed by atoms with Crippen molar-refractivity contribution in [3.63, 3.8) is 0 Å². The predicted octanol–water partition coefficient (Wildman–Crippen LogP) is 1.63. The van der Waals surface area contributed by atoms with Gasteiger partial charge in [0.1, 0.15) is 0 Å². The Morgan fingerprint density at radius 1 is 1.35 bits per heavy atom. The first-order valence-corrected chi connectivity index (χ1v) is 5.75. The van der Waals surface area contributed by atoms with Gasteiger partial charge in [-0.05, 0) is 31.8 Å². The summed E-state index contributed by atoms with van der Waals surface area (Å²) in [6, 6.07) is 7.28. The van der Waals surface area contributed by atoms with Crippen LogP contribution in [0.15, 0.2) is 24.3 Å². The van der Waals surface area contributed by atoms with Crippen LogP contribution in [-0.2, 0) is 4.79 Å². The van der Waals surface area contributed by atoms with Crippen LogP contribution in [0.2, 0.25) is 0 Å². The summed E-state index contributed by atoms with van der Waals surface area (Å²) >= 11 is 0. The molecule has 1 amide bonds. The van der Waals surface area contributed by atoms with Crippen molar-refractivity contribution >= 4 is 11.6 Å². The summed E-state index contributed by atoms with van der Waals surface area (Å²) in [4.78, 5) is 13.1. The van der Waals surface area contributed by atoms with Crippen molar-refractivity contribution in [2.24, 2.45) is 0 Å². The molecule has 1 rings (SSSR count). The number of carbonyl (C=O) groups excluding carboxylic acids is 1. The van der Waals surface area contributed by atoms with Gasteiger partial charge < -0.3 is 15.3 Å². The van der Waals surface area contributed by atoms with E-state index in [9.17, 15) is 9.90 Å². The number of hydrogen-bond donors (Lipinski definition) is 2. The highest BCUT2D eigenvalue weighted by Gasteiger charge is 2.08. The fourth-order valence-electron chi connectivity index (χ4n) is 1.49. The van der Waals surface area contributed by atoms with Crippen molar-refractivity contribution in [2.75, 3.05) is 26.0 Å². The number of aliphatic hydroxyl groups is 1. The first kappa shape index (κ1) is 13.7. The molecule has 1 unspecified atom stereocenters. The van der Waals surface area contributed by atoms with Crippen molar-refractivity contribution < 1.29 is 9.90 Å². The van der Waals surface area contributed by atoms with E-state index in [0.717, 1.165) is 11.3 Å². The van der Waals surface area contributed by atoms with Crippen LogP contribution in [-0.4, -0.2) is 36.6 Å². The van der Waals surface area contributed by atoms with E-state index in [0.29, 0.717) is 13.0 Å². The summed E-state index contributed by atoms with van der Waals surface area (Å²) in [5, 5.41) is 12.6. The predicted molar refractivity (Wildman–Crippen MR) is 68.9 cm³/mol. The van der Waals surface area contributed by atoms with Crippen molar-refractivity contribution in [3.05, 3.63) is 29.8 Å². The average Bonchev–Trinajstić information content (AvgIpc) is 2.28. The van der Waals surface area contributed by atoms with Gasteiger partial charge in [0.25, 0.3) is 0 Å². The largest absolute Gasteiger partial charge is 0.387 e. The number of nitrogens with one attached hydrogen (secondary N) is 1. The van der Waals surface area contributed by atoms with Crippen LogP contribution >= 0.6 is 0 Å². The fraction of sp³-hybridized carbons (Fsp3) is 0.462. The monoisotopic (exact) mass is 236 g/mol. The molecule has 2 N–H and O–H groups in total. The first-order valence-electron chi connectivity index (χ1n) is 5.75.